The maximum absolute atomic E-state index is 12.1. The molecular formula is C23H26N2O4S. The van der Waals surface area contributed by atoms with Crippen molar-refractivity contribution >= 4 is 28.2 Å². The molecule has 1 aromatic heterocycles. The number of amides is 1. The van der Waals surface area contributed by atoms with Crippen LogP contribution in [0.4, 0.5) is 5.00 Å². The van der Waals surface area contributed by atoms with Crippen LogP contribution in [0.15, 0.2) is 24.3 Å². The van der Waals surface area contributed by atoms with Crippen LogP contribution in [0.3, 0.4) is 0 Å². The number of benzene rings is 1. The number of rotatable bonds is 7. The molecule has 0 saturated carbocycles. The number of nitrogens with zero attached hydrogens (tertiary/aromatic N) is 1. The highest BCUT2D eigenvalue weighted by Gasteiger charge is 2.23. The summed E-state index contributed by atoms with van der Waals surface area (Å²) in [7, 11) is 0. The Labute approximate surface area is 180 Å². The van der Waals surface area contributed by atoms with Gasteiger partial charge in [-0.05, 0) is 47.9 Å². The summed E-state index contributed by atoms with van der Waals surface area (Å²) in [5.74, 6) is -0.271. The van der Waals surface area contributed by atoms with Gasteiger partial charge >= 0.3 is 5.97 Å². The fourth-order valence-electron chi connectivity index (χ4n) is 3.29. The molecule has 0 fully saturated rings. The van der Waals surface area contributed by atoms with Crippen molar-refractivity contribution in [3.05, 3.63) is 45.8 Å². The normalized spacial score (nSPS) is 12.7. The molecule has 0 aliphatic heterocycles. The first-order valence-electron chi connectivity index (χ1n) is 10.0. The van der Waals surface area contributed by atoms with E-state index in [0.29, 0.717) is 16.3 Å². The molecule has 0 radical (unpaired) electrons. The number of fused-ring (bicyclic) bond motifs is 1. The topological polar surface area (TPSA) is 88.4 Å². The van der Waals surface area contributed by atoms with Gasteiger partial charge in [0.2, 0.25) is 0 Å². The molecule has 0 atom stereocenters. The Kier molecular flexibility index (Phi) is 6.78. The van der Waals surface area contributed by atoms with Crippen molar-refractivity contribution in [2.75, 3.05) is 18.5 Å². The molecule has 7 heteroatoms. The predicted octanol–water partition coefficient (Wildman–Crippen LogP) is 4.36. The van der Waals surface area contributed by atoms with E-state index in [2.05, 4.69) is 32.2 Å². The van der Waals surface area contributed by atoms with Gasteiger partial charge in [-0.2, -0.15) is 5.26 Å². The molecule has 1 N–H and O–H groups in total. The standard InChI is InChI=1S/C23H26N2O4S/c1-23(2,3)15-7-9-16(10-8-15)28-12-11-21(27)29-14-20(26)25-22-18(13-24)17-5-4-6-19(17)30-22/h7-10H,4-6,11-12,14H2,1-3H3,(H,25,26). The van der Waals surface area contributed by atoms with E-state index in [1.165, 1.54) is 16.9 Å². The molecule has 0 unspecified atom stereocenters. The van der Waals surface area contributed by atoms with Crippen molar-refractivity contribution in [3.63, 3.8) is 0 Å². The van der Waals surface area contributed by atoms with Gasteiger partial charge in [-0.25, -0.2) is 0 Å². The smallest absolute Gasteiger partial charge is 0.309 e. The van der Waals surface area contributed by atoms with Gasteiger partial charge in [0, 0.05) is 4.88 Å². The molecule has 0 spiro atoms. The van der Waals surface area contributed by atoms with Crippen molar-refractivity contribution in [2.45, 2.75) is 51.9 Å². The van der Waals surface area contributed by atoms with Crippen LogP contribution in [-0.2, 0) is 32.6 Å². The first-order valence-corrected chi connectivity index (χ1v) is 10.8. The van der Waals surface area contributed by atoms with E-state index in [4.69, 9.17) is 9.47 Å². The van der Waals surface area contributed by atoms with Crippen molar-refractivity contribution in [3.8, 4) is 11.8 Å². The number of hydrogen-bond acceptors (Lipinski definition) is 6. The molecule has 1 heterocycles. The summed E-state index contributed by atoms with van der Waals surface area (Å²) in [4.78, 5) is 25.1. The minimum Gasteiger partial charge on any atom is -0.493 e. The highest BCUT2D eigenvalue weighted by molar-refractivity contribution is 7.16. The minimum atomic E-state index is -0.509. The molecule has 30 heavy (non-hydrogen) atoms. The molecule has 158 valence electrons. The van der Waals surface area contributed by atoms with E-state index in [1.54, 1.807) is 0 Å². The van der Waals surface area contributed by atoms with E-state index in [1.807, 2.05) is 24.3 Å². The van der Waals surface area contributed by atoms with Crippen molar-refractivity contribution < 1.29 is 19.1 Å². The lowest BCUT2D eigenvalue weighted by Crippen LogP contribution is -2.21. The third kappa shape index (κ3) is 5.39. The Bertz CT molecular complexity index is 965. The number of nitriles is 1. The first kappa shape index (κ1) is 21.8. The second-order valence-electron chi connectivity index (χ2n) is 8.25. The third-order valence-electron chi connectivity index (χ3n) is 4.95. The fraction of sp³-hybridized carbons (Fsp3) is 0.435. The number of anilines is 1. The molecule has 0 saturated heterocycles. The van der Waals surface area contributed by atoms with Gasteiger partial charge in [0.1, 0.15) is 16.8 Å². The summed E-state index contributed by atoms with van der Waals surface area (Å²) in [6, 6.07) is 9.95. The molecule has 1 aliphatic rings. The molecule has 6 nitrogen and oxygen atoms in total. The molecule has 2 aromatic rings. The zero-order valence-electron chi connectivity index (χ0n) is 17.5. The molecule has 1 aromatic carbocycles. The molecular weight excluding hydrogens is 400 g/mol. The Balaban J connectivity index is 1.40. The van der Waals surface area contributed by atoms with Crippen LogP contribution >= 0.6 is 11.3 Å². The van der Waals surface area contributed by atoms with Crippen molar-refractivity contribution in [1.29, 1.82) is 5.26 Å². The van der Waals surface area contributed by atoms with E-state index in [-0.39, 0.29) is 25.0 Å². The van der Waals surface area contributed by atoms with Gasteiger partial charge in [-0.3, -0.25) is 9.59 Å². The van der Waals surface area contributed by atoms with Gasteiger partial charge in [0.25, 0.3) is 5.91 Å². The SMILES string of the molecule is CC(C)(C)c1ccc(OCCC(=O)OCC(=O)Nc2sc3c(c2C#N)CCC3)cc1. The number of carbonyl (C=O) groups is 2. The Morgan fingerprint density at radius 1 is 1.20 bits per heavy atom. The predicted molar refractivity (Wildman–Crippen MR) is 116 cm³/mol. The third-order valence-corrected chi connectivity index (χ3v) is 6.15. The number of aryl methyl sites for hydroxylation is 1. The average molecular weight is 427 g/mol. The number of hydrogen-bond donors (Lipinski definition) is 1. The summed E-state index contributed by atoms with van der Waals surface area (Å²) in [5.41, 5.74) is 2.86. The summed E-state index contributed by atoms with van der Waals surface area (Å²) >= 11 is 1.43. The number of thiophene rings is 1. The number of esters is 1. The maximum Gasteiger partial charge on any atom is 0.309 e. The summed E-state index contributed by atoms with van der Waals surface area (Å²) in [5, 5.41) is 12.6. The van der Waals surface area contributed by atoms with E-state index in [0.717, 1.165) is 29.7 Å². The van der Waals surface area contributed by atoms with Crippen LogP contribution in [0.1, 0.15) is 55.2 Å². The number of carbonyl (C=O) groups excluding carboxylic acids is 2. The van der Waals surface area contributed by atoms with E-state index >= 15 is 0 Å². The van der Waals surface area contributed by atoms with Crippen LogP contribution < -0.4 is 10.1 Å². The molecule has 3 rings (SSSR count). The van der Waals surface area contributed by atoms with Crippen molar-refractivity contribution in [2.24, 2.45) is 0 Å². The highest BCUT2D eigenvalue weighted by atomic mass is 32.1. The van der Waals surface area contributed by atoms with E-state index in [9.17, 15) is 14.9 Å². The van der Waals surface area contributed by atoms with Crippen molar-refractivity contribution in [1.82, 2.24) is 0 Å². The molecule has 1 aliphatic carbocycles. The van der Waals surface area contributed by atoms with Gasteiger partial charge < -0.3 is 14.8 Å². The molecule has 1 amide bonds. The van der Waals surface area contributed by atoms with Gasteiger partial charge in [0.15, 0.2) is 6.61 Å². The van der Waals surface area contributed by atoms with Crippen LogP contribution in [0.5, 0.6) is 5.75 Å². The number of nitrogens with one attached hydrogen (secondary N) is 1. The maximum atomic E-state index is 12.1. The van der Waals surface area contributed by atoms with Crippen LogP contribution in [-0.4, -0.2) is 25.1 Å². The van der Waals surface area contributed by atoms with Gasteiger partial charge in [-0.1, -0.05) is 32.9 Å². The van der Waals surface area contributed by atoms with Crippen LogP contribution in [0, 0.1) is 11.3 Å². The largest absolute Gasteiger partial charge is 0.493 e. The summed E-state index contributed by atoms with van der Waals surface area (Å²) in [6.45, 7) is 6.21. The molecule has 0 bridgehead atoms. The van der Waals surface area contributed by atoms with E-state index < -0.39 is 11.9 Å². The monoisotopic (exact) mass is 426 g/mol. The number of ether oxygens (including phenoxy) is 2. The summed E-state index contributed by atoms with van der Waals surface area (Å²) in [6.07, 6.45) is 2.91. The summed E-state index contributed by atoms with van der Waals surface area (Å²) < 4.78 is 10.6. The lowest BCUT2D eigenvalue weighted by atomic mass is 9.87. The average Bonchev–Trinajstić information content (AvgIpc) is 3.26. The van der Waals surface area contributed by atoms with Gasteiger partial charge in [0.05, 0.1) is 18.6 Å². The second-order valence-corrected chi connectivity index (χ2v) is 9.36. The Morgan fingerprint density at radius 3 is 2.60 bits per heavy atom. The van der Waals surface area contributed by atoms with Gasteiger partial charge in [-0.15, -0.1) is 11.3 Å². The zero-order valence-corrected chi connectivity index (χ0v) is 18.4. The lowest BCUT2D eigenvalue weighted by molar-refractivity contribution is -0.147. The highest BCUT2D eigenvalue weighted by Crippen LogP contribution is 2.38. The first-order chi connectivity index (χ1) is 14.3. The quantitative estimate of drug-likeness (QED) is 0.665. The zero-order chi connectivity index (χ0) is 21.7. The second kappa shape index (κ2) is 9.31. The van der Waals surface area contributed by atoms with Crippen LogP contribution in [0.25, 0.3) is 0 Å². The minimum absolute atomic E-state index is 0.0467. The Hall–Kier alpha value is -2.85. The fourth-order valence-corrected chi connectivity index (χ4v) is 4.55. The Morgan fingerprint density at radius 2 is 1.93 bits per heavy atom. The lowest BCUT2D eigenvalue weighted by Gasteiger charge is -2.19. The van der Waals surface area contributed by atoms with Crippen LogP contribution in [0.2, 0.25) is 0 Å².